The summed E-state index contributed by atoms with van der Waals surface area (Å²) in [4.78, 5) is 11.6. The van der Waals surface area contributed by atoms with Crippen molar-refractivity contribution >= 4 is 93.3 Å². The summed E-state index contributed by atoms with van der Waals surface area (Å²) < 4.78 is 9.32. The Morgan fingerprint density at radius 1 is 0.485 bits per heavy atom. The predicted octanol–water partition coefficient (Wildman–Crippen LogP) is 17.0. The third-order valence-corrected chi connectivity index (χ3v) is 14.9. The van der Waals surface area contributed by atoms with E-state index in [1.807, 2.05) is 0 Å². The number of amidine groups is 1. The lowest BCUT2D eigenvalue weighted by Gasteiger charge is -2.22. The van der Waals surface area contributed by atoms with Gasteiger partial charge in [0.2, 0.25) is 0 Å². The topological polar surface area (TPSA) is 42.8 Å². The van der Waals surface area contributed by atoms with Gasteiger partial charge in [-0.15, -0.1) is 0 Å². The molecule has 0 radical (unpaired) electrons. The summed E-state index contributed by atoms with van der Waals surface area (Å²) in [5, 5.41) is 11.7. The molecule has 0 saturated heterocycles. The van der Waals surface area contributed by atoms with Gasteiger partial charge in [0.15, 0.2) is 5.84 Å². The van der Waals surface area contributed by atoms with Crippen LogP contribution in [0.1, 0.15) is 54.4 Å². The van der Waals surface area contributed by atoms with Crippen LogP contribution in [0.4, 0.5) is 0 Å². The maximum Gasteiger partial charge on any atom is 0.160 e. The van der Waals surface area contributed by atoms with Gasteiger partial charge in [-0.2, -0.15) is 0 Å². The van der Waals surface area contributed by atoms with Crippen LogP contribution in [0.5, 0.6) is 0 Å². The zero-order chi connectivity index (χ0) is 44.9. The van der Waals surface area contributed by atoms with E-state index in [9.17, 15) is 0 Å². The van der Waals surface area contributed by atoms with Crippen molar-refractivity contribution in [1.29, 1.82) is 0 Å². The molecule has 2 aliphatic rings. The number of aliphatic imine (C=N–C) groups is 2. The molecule has 0 bridgehead atoms. The molecule has 1 aliphatic carbocycles. The molecule has 14 rings (SSSR count). The lowest BCUT2D eigenvalue weighted by Crippen LogP contribution is -2.17. The molecule has 3 heterocycles. The van der Waals surface area contributed by atoms with E-state index in [0.717, 1.165) is 86.0 Å². The van der Waals surface area contributed by atoms with Crippen molar-refractivity contribution in [1.82, 2.24) is 4.57 Å². The number of nitrogens with zero attached hydrogens (tertiary/aromatic N) is 3. The zero-order valence-corrected chi connectivity index (χ0v) is 37.7. The van der Waals surface area contributed by atoms with E-state index in [1.54, 1.807) is 0 Å². The fraction of sp³-hybridized carbons (Fsp3) is 0.0938. The average Bonchev–Trinajstić information content (AvgIpc) is 4.03. The second-order valence-corrected chi connectivity index (χ2v) is 18.8. The second-order valence-electron chi connectivity index (χ2n) is 18.8. The van der Waals surface area contributed by atoms with Crippen LogP contribution in [0.25, 0.3) is 98.6 Å². The smallest absolute Gasteiger partial charge is 0.160 e. The molecule has 1 unspecified atom stereocenters. The maximum atomic E-state index is 6.87. The monoisotopic (exact) mass is 871 g/mol. The molecule has 0 fully saturated rings. The highest BCUT2D eigenvalue weighted by molar-refractivity contribution is 6.21. The van der Waals surface area contributed by atoms with Gasteiger partial charge in [-0.1, -0.05) is 177 Å². The van der Waals surface area contributed by atoms with E-state index in [0.29, 0.717) is 5.92 Å². The van der Waals surface area contributed by atoms with Crippen molar-refractivity contribution in [3.05, 3.63) is 229 Å². The number of fused-ring (bicyclic) bond motifs is 13. The highest BCUT2D eigenvalue weighted by atomic mass is 16.3. The Kier molecular flexibility index (Phi) is 8.79. The van der Waals surface area contributed by atoms with Crippen molar-refractivity contribution in [2.45, 2.75) is 32.1 Å². The van der Waals surface area contributed by atoms with Gasteiger partial charge in [0, 0.05) is 50.4 Å². The van der Waals surface area contributed by atoms with Gasteiger partial charge in [-0.05, 0) is 110 Å². The van der Waals surface area contributed by atoms with Crippen LogP contribution < -0.4 is 0 Å². The van der Waals surface area contributed by atoms with Crippen molar-refractivity contribution in [2.75, 3.05) is 0 Å². The van der Waals surface area contributed by atoms with Crippen LogP contribution in [0, 0.1) is 5.92 Å². The SMILES string of the molecule is CC1C/C=C(c2cc3c(cc2-n2c4ccccc4c4cc5ccccc5cc42)oc2ccc4ccccc4c23)/N=C(c2cccc3ccccc23)\N=C/1CCC1c2ccccc2-c2ccccc21. The van der Waals surface area contributed by atoms with Gasteiger partial charge >= 0.3 is 0 Å². The summed E-state index contributed by atoms with van der Waals surface area (Å²) in [6.45, 7) is 2.35. The van der Waals surface area contributed by atoms with E-state index in [4.69, 9.17) is 14.4 Å². The number of benzene rings is 10. The van der Waals surface area contributed by atoms with Gasteiger partial charge in [0.05, 0.1) is 22.4 Å². The van der Waals surface area contributed by atoms with Crippen molar-refractivity contribution in [3.8, 4) is 16.8 Å². The number of allylic oxidation sites excluding steroid dienone is 1. The first-order chi connectivity index (χ1) is 33.6. The van der Waals surface area contributed by atoms with Crippen molar-refractivity contribution in [2.24, 2.45) is 15.9 Å². The van der Waals surface area contributed by atoms with Crippen LogP contribution in [0.3, 0.4) is 0 Å². The third kappa shape index (κ3) is 6.07. The van der Waals surface area contributed by atoms with Gasteiger partial charge in [0.25, 0.3) is 0 Å². The average molecular weight is 872 g/mol. The normalized spacial score (nSPS) is 17.5. The Bertz CT molecular complexity index is 4110. The van der Waals surface area contributed by atoms with Crippen LogP contribution >= 0.6 is 0 Å². The number of hydrogen-bond acceptors (Lipinski definition) is 3. The minimum absolute atomic E-state index is 0.169. The fourth-order valence-electron chi connectivity index (χ4n) is 11.6. The van der Waals surface area contributed by atoms with Gasteiger partial charge in [0.1, 0.15) is 11.2 Å². The molecule has 4 heteroatoms. The highest BCUT2D eigenvalue weighted by Crippen LogP contribution is 2.47. The lowest BCUT2D eigenvalue weighted by molar-refractivity contribution is 0.669. The number of hydrogen-bond donors (Lipinski definition) is 0. The molecular formula is C64H45N3O. The molecule has 1 atom stereocenters. The molecule has 68 heavy (non-hydrogen) atoms. The Morgan fingerprint density at radius 3 is 1.91 bits per heavy atom. The molecular weight excluding hydrogens is 827 g/mol. The van der Waals surface area contributed by atoms with E-state index >= 15 is 0 Å². The van der Waals surface area contributed by atoms with Gasteiger partial charge < -0.3 is 8.98 Å². The van der Waals surface area contributed by atoms with Crippen molar-refractivity contribution in [3.63, 3.8) is 0 Å². The first-order valence-corrected chi connectivity index (χ1v) is 24.0. The van der Waals surface area contributed by atoms with Crippen LogP contribution in [-0.2, 0) is 0 Å². The number of aromatic nitrogens is 1. The number of rotatable bonds is 6. The molecule has 4 nitrogen and oxygen atoms in total. The number of para-hydroxylation sites is 1. The van der Waals surface area contributed by atoms with Crippen LogP contribution in [0.2, 0.25) is 0 Å². The van der Waals surface area contributed by atoms with Gasteiger partial charge in [-0.25, -0.2) is 9.98 Å². The van der Waals surface area contributed by atoms with E-state index in [1.165, 1.54) is 65.7 Å². The standard InChI is InChI=1S/C64H45N3O/c1-39-29-32-57(66-64(52-27-14-19-40-15-4-6-20-44(40)52)65-56(39)33-31-50-48-24-10-8-22-46(48)47-23-9-11-25-49(47)50)54-37-55-62(68-61-34-30-41-16-5-7-21-45(41)63(55)61)38-60(54)67-58-28-13-12-26-51(58)53-35-42-17-2-3-18-43(42)36-59(53)67/h2-28,30,32,34-39,50H,29,31,33H2,1H3/b57-32+,65-56-,66-64-. The summed E-state index contributed by atoms with van der Waals surface area (Å²) in [5.74, 6) is 1.22. The predicted molar refractivity (Wildman–Crippen MR) is 286 cm³/mol. The summed E-state index contributed by atoms with van der Waals surface area (Å²) in [6, 6.07) is 72.8. The Hall–Kier alpha value is -8.34. The molecule has 12 aromatic rings. The molecule has 0 N–H and O–H groups in total. The van der Waals surface area contributed by atoms with E-state index in [2.05, 4.69) is 218 Å². The third-order valence-electron chi connectivity index (χ3n) is 14.9. The van der Waals surface area contributed by atoms with E-state index < -0.39 is 0 Å². The van der Waals surface area contributed by atoms with E-state index in [-0.39, 0.29) is 5.92 Å². The Morgan fingerprint density at radius 2 is 1.12 bits per heavy atom. The largest absolute Gasteiger partial charge is 0.456 e. The Labute approximate surface area is 393 Å². The quantitative estimate of drug-likeness (QED) is 0.164. The first-order valence-electron chi connectivity index (χ1n) is 24.0. The first kappa shape index (κ1) is 38.9. The summed E-state index contributed by atoms with van der Waals surface area (Å²) in [6.07, 6.45) is 5.02. The second kappa shape index (κ2) is 15.4. The Balaban J connectivity index is 1.02. The summed E-state index contributed by atoms with van der Waals surface area (Å²) in [7, 11) is 0. The maximum absolute atomic E-state index is 6.87. The lowest BCUT2D eigenvalue weighted by atomic mass is 9.87. The van der Waals surface area contributed by atoms with Crippen molar-refractivity contribution < 1.29 is 4.42 Å². The molecule has 0 saturated carbocycles. The molecule has 1 aliphatic heterocycles. The van der Waals surface area contributed by atoms with Crippen LogP contribution in [-0.4, -0.2) is 16.1 Å². The fourth-order valence-corrected chi connectivity index (χ4v) is 11.6. The zero-order valence-electron chi connectivity index (χ0n) is 37.7. The minimum Gasteiger partial charge on any atom is -0.456 e. The molecule has 0 spiro atoms. The minimum atomic E-state index is 0.169. The highest BCUT2D eigenvalue weighted by Gasteiger charge is 2.30. The molecule has 0 amide bonds. The summed E-state index contributed by atoms with van der Waals surface area (Å²) in [5.41, 5.74) is 14.7. The molecule has 322 valence electrons. The molecule has 10 aromatic carbocycles. The van der Waals surface area contributed by atoms with Crippen LogP contribution in [0.15, 0.2) is 221 Å². The van der Waals surface area contributed by atoms with Gasteiger partial charge in [-0.3, -0.25) is 0 Å². The summed E-state index contributed by atoms with van der Waals surface area (Å²) >= 11 is 0. The number of furan rings is 1. The molecule has 2 aromatic heterocycles.